The predicted molar refractivity (Wildman–Crippen MR) is 157 cm³/mol. The summed E-state index contributed by atoms with van der Waals surface area (Å²) in [7, 11) is 0. The third kappa shape index (κ3) is 8.07. The average molecular weight is 570 g/mol. The highest BCUT2D eigenvalue weighted by Crippen LogP contribution is 2.43. The number of ether oxygens (including phenoxy) is 2. The van der Waals surface area contributed by atoms with Crippen molar-refractivity contribution in [1.29, 1.82) is 0 Å². The number of benzene rings is 2. The molecule has 1 N–H and O–H groups in total. The second-order valence-corrected chi connectivity index (χ2v) is 12.0. The summed E-state index contributed by atoms with van der Waals surface area (Å²) in [4.78, 5) is 26.5. The monoisotopic (exact) mass is 569 g/mol. The molecule has 0 saturated heterocycles. The number of carbonyl (C=O) groups is 2. The lowest BCUT2D eigenvalue weighted by atomic mass is 9.81. The molecular weight excluding hydrogens is 530 g/mol. The van der Waals surface area contributed by atoms with Crippen LogP contribution in [0.4, 0.5) is 0 Å². The lowest BCUT2D eigenvalue weighted by molar-refractivity contribution is -0.143. The van der Waals surface area contributed by atoms with Crippen molar-refractivity contribution >= 4 is 34.6 Å². The van der Waals surface area contributed by atoms with Gasteiger partial charge in [0.15, 0.2) is 0 Å². The van der Waals surface area contributed by atoms with Crippen LogP contribution in [0.1, 0.15) is 84.8 Å². The van der Waals surface area contributed by atoms with Crippen LogP contribution in [-0.4, -0.2) is 38.6 Å². The topological polar surface area (TPSA) is 104 Å². The molecule has 0 unspecified atom stereocenters. The smallest absolute Gasteiger partial charge is 0.338 e. The van der Waals surface area contributed by atoms with Gasteiger partial charge in [0, 0.05) is 34.2 Å². The Bertz CT molecular complexity index is 1390. The molecule has 216 valence electrons. The molecule has 3 rings (SSSR count). The Kier molecular flexibility index (Phi) is 10.4. The molecule has 0 spiro atoms. The van der Waals surface area contributed by atoms with E-state index in [-0.39, 0.29) is 41.6 Å². The third-order valence-corrected chi connectivity index (χ3v) is 6.71. The van der Waals surface area contributed by atoms with Crippen LogP contribution in [0, 0.1) is 5.92 Å². The highest BCUT2D eigenvalue weighted by molar-refractivity contribution is 6.31. The van der Waals surface area contributed by atoms with Crippen molar-refractivity contribution < 1.29 is 24.2 Å². The van der Waals surface area contributed by atoms with Crippen molar-refractivity contribution in [1.82, 2.24) is 15.0 Å². The second kappa shape index (κ2) is 13.3. The first-order valence-corrected chi connectivity index (χ1v) is 14.1. The summed E-state index contributed by atoms with van der Waals surface area (Å²) in [5, 5.41) is 21.0. The molecule has 0 bridgehead atoms. The molecule has 0 radical (unpaired) electrons. The van der Waals surface area contributed by atoms with Crippen molar-refractivity contribution in [2.75, 3.05) is 6.61 Å². The molecule has 8 nitrogen and oxygen atoms in total. The van der Waals surface area contributed by atoms with Crippen LogP contribution in [0.2, 0.25) is 5.02 Å². The molecule has 0 fully saturated rings. The first kappa shape index (κ1) is 31.1. The average Bonchev–Trinajstić information content (AvgIpc) is 3.27. The number of unbranched alkanes of at least 4 members (excludes halogenated alkanes) is 2. The Morgan fingerprint density at radius 3 is 2.45 bits per heavy atom. The molecule has 1 aromatic heterocycles. The van der Waals surface area contributed by atoms with Crippen molar-refractivity contribution in [3.05, 3.63) is 52.6 Å². The summed E-state index contributed by atoms with van der Waals surface area (Å²) in [5.41, 5.74) is 2.04. The number of carbonyl (C=O) groups excluding carboxylic acids is 2. The zero-order valence-corrected chi connectivity index (χ0v) is 25.1. The van der Waals surface area contributed by atoms with Crippen molar-refractivity contribution in [3.63, 3.8) is 0 Å². The molecule has 0 atom stereocenters. The zero-order chi connectivity index (χ0) is 29.6. The van der Waals surface area contributed by atoms with Crippen LogP contribution in [0.25, 0.3) is 16.7 Å². The fourth-order valence-electron chi connectivity index (χ4n) is 4.47. The van der Waals surface area contributed by atoms with Crippen LogP contribution in [0.15, 0.2) is 36.4 Å². The number of aromatic nitrogens is 3. The SMILES string of the molecule is C=C(C)C(=O)Oc1cc(-n2nc3ccc(Cl)cc3n2)c(O)c(C(C)(C)C)c1CCC(=O)OCCCCCC(C)C. The van der Waals surface area contributed by atoms with Crippen LogP contribution in [0.5, 0.6) is 11.5 Å². The lowest BCUT2D eigenvalue weighted by Gasteiger charge is -2.27. The van der Waals surface area contributed by atoms with Gasteiger partial charge in [-0.1, -0.05) is 72.1 Å². The van der Waals surface area contributed by atoms with Crippen molar-refractivity contribution in [2.45, 2.75) is 85.5 Å². The van der Waals surface area contributed by atoms with Gasteiger partial charge in [0.25, 0.3) is 0 Å². The minimum absolute atomic E-state index is 0.0634. The summed E-state index contributed by atoms with van der Waals surface area (Å²) in [6.07, 6.45) is 4.37. The third-order valence-electron chi connectivity index (χ3n) is 6.47. The lowest BCUT2D eigenvalue weighted by Crippen LogP contribution is -2.20. The fourth-order valence-corrected chi connectivity index (χ4v) is 4.64. The van der Waals surface area contributed by atoms with E-state index in [4.69, 9.17) is 21.1 Å². The van der Waals surface area contributed by atoms with Gasteiger partial charge in [0.2, 0.25) is 0 Å². The maximum absolute atomic E-state index is 12.6. The van der Waals surface area contributed by atoms with E-state index < -0.39 is 11.4 Å². The molecule has 0 amide bonds. The molecule has 1 heterocycles. The van der Waals surface area contributed by atoms with Crippen LogP contribution in [-0.2, 0) is 26.2 Å². The number of nitrogens with zero attached hydrogens (tertiary/aromatic N) is 3. The Labute approximate surface area is 241 Å². The van der Waals surface area contributed by atoms with Crippen LogP contribution >= 0.6 is 11.6 Å². The summed E-state index contributed by atoms with van der Waals surface area (Å²) in [5.74, 6) is -0.167. The highest BCUT2D eigenvalue weighted by atomic mass is 35.5. The molecule has 2 aromatic carbocycles. The largest absolute Gasteiger partial charge is 0.505 e. The second-order valence-electron chi connectivity index (χ2n) is 11.6. The molecule has 0 aliphatic heterocycles. The molecular formula is C31H40ClN3O5. The number of phenolic OH excluding ortho intramolecular Hbond substituents is 1. The van der Waals surface area contributed by atoms with Gasteiger partial charge in [-0.15, -0.1) is 15.0 Å². The van der Waals surface area contributed by atoms with Crippen molar-refractivity contribution in [2.24, 2.45) is 5.92 Å². The molecule has 40 heavy (non-hydrogen) atoms. The van der Waals surface area contributed by atoms with Crippen LogP contribution < -0.4 is 4.74 Å². The molecule has 3 aromatic rings. The molecule has 0 saturated carbocycles. The zero-order valence-electron chi connectivity index (χ0n) is 24.3. The number of rotatable bonds is 12. The normalized spacial score (nSPS) is 11.7. The number of hydrogen-bond acceptors (Lipinski definition) is 7. The van der Waals surface area contributed by atoms with E-state index in [9.17, 15) is 14.7 Å². The number of halogens is 1. The van der Waals surface area contributed by atoms with E-state index in [1.165, 1.54) is 10.9 Å². The van der Waals surface area contributed by atoms with Gasteiger partial charge in [-0.3, -0.25) is 4.79 Å². The van der Waals surface area contributed by atoms with E-state index in [1.54, 1.807) is 25.1 Å². The van der Waals surface area contributed by atoms with Gasteiger partial charge >= 0.3 is 11.9 Å². The minimum Gasteiger partial charge on any atom is -0.505 e. The highest BCUT2D eigenvalue weighted by Gasteiger charge is 2.30. The van der Waals surface area contributed by atoms with E-state index >= 15 is 0 Å². The quantitative estimate of drug-likeness (QED) is 0.106. The van der Waals surface area contributed by atoms with E-state index in [2.05, 4.69) is 30.6 Å². The fraction of sp³-hybridized carbons (Fsp3) is 0.484. The van der Waals surface area contributed by atoms with E-state index in [1.807, 2.05) is 20.8 Å². The summed E-state index contributed by atoms with van der Waals surface area (Å²) in [6, 6.07) is 6.63. The van der Waals surface area contributed by atoms with Crippen LogP contribution in [0.3, 0.4) is 0 Å². The Balaban J connectivity index is 1.95. The maximum Gasteiger partial charge on any atom is 0.338 e. The van der Waals surface area contributed by atoms with E-state index in [0.717, 1.165) is 25.7 Å². The summed E-state index contributed by atoms with van der Waals surface area (Å²) >= 11 is 6.12. The number of aromatic hydroxyl groups is 1. The minimum atomic E-state index is -0.618. The maximum atomic E-state index is 12.6. The van der Waals surface area contributed by atoms with Gasteiger partial charge in [-0.05, 0) is 49.3 Å². The first-order valence-electron chi connectivity index (χ1n) is 13.7. The summed E-state index contributed by atoms with van der Waals surface area (Å²) < 4.78 is 11.2. The van der Waals surface area contributed by atoms with Gasteiger partial charge in [-0.25, -0.2) is 4.79 Å². The predicted octanol–water partition coefficient (Wildman–Crippen LogP) is 7.25. The molecule has 0 aliphatic carbocycles. The number of phenols is 1. The van der Waals surface area contributed by atoms with Gasteiger partial charge < -0.3 is 14.6 Å². The Morgan fingerprint density at radius 2 is 1.80 bits per heavy atom. The van der Waals surface area contributed by atoms with Gasteiger partial charge in [-0.2, -0.15) is 0 Å². The van der Waals surface area contributed by atoms with Gasteiger partial charge in [0.05, 0.1) is 6.61 Å². The first-order chi connectivity index (χ1) is 18.8. The van der Waals surface area contributed by atoms with E-state index in [0.29, 0.717) is 39.7 Å². The number of fused-ring (bicyclic) bond motifs is 1. The molecule has 0 aliphatic rings. The van der Waals surface area contributed by atoms with Crippen molar-refractivity contribution in [3.8, 4) is 17.2 Å². The number of hydrogen-bond donors (Lipinski definition) is 1. The Morgan fingerprint density at radius 1 is 1.10 bits per heavy atom. The summed E-state index contributed by atoms with van der Waals surface area (Å²) in [6.45, 7) is 15.8. The number of esters is 2. The standard InChI is InChI=1S/C31H40ClN3O5/c1-19(2)11-9-8-10-16-39-27(36)15-13-22-26(40-30(38)20(3)4)18-25(29(37)28(22)31(5,6)7)35-33-23-14-12-21(32)17-24(23)34-35/h12,14,17-19,37H,3,8-11,13,15-16H2,1-2,4-7H3. The van der Waals surface area contributed by atoms with Gasteiger partial charge in [0.1, 0.15) is 28.2 Å². The molecule has 9 heteroatoms. The Hall–Kier alpha value is -3.39.